The summed E-state index contributed by atoms with van der Waals surface area (Å²) < 4.78 is 54.7. The Morgan fingerprint density at radius 3 is 2.63 bits per heavy atom. The Morgan fingerprint density at radius 2 is 2.00 bits per heavy atom. The molecule has 1 unspecified atom stereocenters. The van der Waals surface area contributed by atoms with Gasteiger partial charge in [-0.2, -0.15) is 18.4 Å². The van der Waals surface area contributed by atoms with Crippen LogP contribution in [0.2, 0.25) is 0 Å². The van der Waals surface area contributed by atoms with Crippen LogP contribution in [0.4, 0.5) is 18.0 Å². The normalized spacial score (nSPS) is 18.1. The van der Waals surface area contributed by atoms with E-state index in [1.54, 1.807) is 23.9 Å². The summed E-state index contributed by atoms with van der Waals surface area (Å²) in [5.74, 6) is -0.794. The Bertz CT molecular complexity index is 1390. The smallest absolute Gasteiger partial charge is 0.421 e. The fraction of sp³-hybridized carbons (Fsp3) is 0.480. The molecule has 0 saturated carbocycles. The van der Waals surface area contributed by atoms with Crippen LogP contribution in [-0.4, -0.2) is 67.5 Å². The number of alkyl halides is 3. The first-order chi connectivity index (χ1) is 17.8. The van der Waals surface area contributed by atoms with Gasteiger partial charge in [-0.3, -0.25) is 0 Å². The van der Waals surface area contributed by atoms with E-state index in [1.807, 2.05) is 26.8 Å². The lowest BCUT2D eigenvalue weighted by atomic mass is 9.84. The molecule has 1 fully saturated rings. The minimum atomic E-state index is -4.77. The number of pyridine rings is 1. The number of fused-ring (bicyclic) bond motifs is 1. The van der Waals surface area contributed by atoms with Gasteiger partial charge in [-0.05, 0) is 24.0 Å². The van der Waals surface area contributed by atoms with Crippen molar-refractivity contribution in [2.24, 2.45) is 12.5 Å². The number of amides is 1. The van der Waals surface area contributed by atoms with E-state index in [1.165, 1.54) is 11.1 Å². The molecule has 0 bridgehead atoms. The Kier molecular flexibility index (Phi) is 7.20. The molecule has 0 spiro atoms. The molecule has 1 saturated heterocycles. The molecular weight excluding hydrogens is 505 g/mol. The van der Waals surface area contributed by atoms with Crippen LogP contribution in [0.25, 0.3) is 22.3 Å². The second kappa shape index (κ2) is 10.1. The first kappa shape index (κ1) is 27.1. The number of hydrogen-bond donors (Lipinski definition) is 1. The predicted molar refractivity (Wildman–Crippen MR) is 129 cm³/mol. The fourth-order valence-corrected chi connectivity index (χ4v) is 4.82. The van der Waals surface area contributed by atoms with Gasteiger partial charge in [0.2, 0.25) is 11.7 Å². The molecule has 4 rings (SSSR count). The highest BCUT2D eigenvalue weighted by Gasteiger charge is 2.44. The number of nitrogens with zero attached hydrogens (tertiary/aromatic N) is 6. The summed E-state index contributed by atoms with van der Waals surface area (Å²) in [4.78, 5) is 25.1. The zero-order valence-electron chi connectivity index (χ0n) is 21.3. The Morgan fingerprint density at radius 1 is 1.26 bits per heavy atom. The Labute approximate surface area is 216 Å². The van der Waals surface area contributed by atoms with Gasteiger partial charge in [-0.1, -0.05) is 20.8 Å². The van der Waals surface area contributed by atoms with Crippen molar-refractivity contribution in [2.75, 3.05) is 19.8 Å². The van der Waals surface area contributed by atoms with Gasteiger partial charge < -0.3 is 24.0 Å². The fourth-order valence-electron chi connectivity index (χ4n) is 4.82. The van der Waals surface area contributed by atoms with Crippen LogP contribution in [-0.2, 0) is 18.0 Å². The summed E-state index contributed by atoms with van der Waals surface area (Å²) in [7, 11) is 1.70. The number of carbonyl (C=O) groups is 1. The molecule has 13 heteroatoms. The Hall–Kier alpha value is -3.92. The van der Waals surface area contributed by atoms with Crippen molar-refractivity contribution < 1.29 is 32.5 Å². The highest BCUT2D eigenvalue weighted by molar-refractivity contribution is 5.91. The van der Waals surface area contributed by atoms with E-state index < -0.39 is 41.3 Å². The zero-order chi connectivity index (χ0) is 27.8. The van der Waals surface area contributed by atoms with Crippen molar-refractivity contribution in [1.29, 1.82) is 5.26 Å². The summed E-state index contributed by atoms with van der Waals surface area (Å²) in [5, 5.41) is 19.3. The first-order valence-corrected chi connectivity index (χ1v) is 11.9. The molecular formula is C25H27F3N6O4. The van der Waals surface area contributed by atoms with Crippen molar-refractivity contribution in [3.8, 4) is 23.2 Å². The highest BCUT2D eigenvalue weighted by Crippen LogP contribution is 2.39. The summed E-state index contributed by atoms with van der Waals surface area (Å²) >= 11 is 0. The molecule has 0 radical (unpaired) electrons. The SMILES string of the molecule is Cn1ccc2c(-c3cnc(OCCO[C@@H]4CCN(C(=O)O)C4C(C)(C)C)c(C(F)(F)F)c3)nc(C#N)nc21. The van der Waals surface area contributed by atoms with Crippen LogP contribution in [0.1, 0.15) is 38.6 Å². The van der Waals surface area contributed by atoms with Crippen LogP contribution < -0.4 is 4.74 Å². The standard InChI is InChI=1S/C25H27F3N6O4/c1-24(2,3)20-17(6-8-34(20)23(35)36)37-9-10-38-22-16(25(26,27)28)11-14(13-30-22)19-15-5-7-33(4)21(15)32-18(12-29)31-19/h5,7,11,13,17,20H,6,8-10H2,1-4H3,(H,35,36)/t17-,20?/m1/s1. The summed E-state index contributed by atoms with van der Waals surface area (Å²) in [6.07, 6.45) is -2.86. The predicted octanol–water partition coefficient (Wildman–Crippen LogP) is 4.48. The lowest BCUT2D eigenvalue weighted by Gasteiger charge is -2.36. The molecule has 3 aromatic heterocycles. The molecule has 10 nitrogen and oxygen atoms in total. The second-order valence-corrected chi connectivity index (χ2v) is 10.1. The van der Waals surface area contributed by atoms with E-state index in [0.29, 0.717) is 24.0 Å². The monoisotopic (exact) mass is 532 g/mol. The van der Waals surface area contributed by atoms with Crippen LogP contribution in [0.3, 0.4) is 0 Å². The average molecular weight is 533 g/mol. The molecule has 3 aromatic rings. The Balaban J connectivity index is 1.53. The third kappa shape index (κ3) is 5.35. The number of halogens is 3. The highest BCUT2D eigenvalue weighted by atomic mass is 19.4. The number of carboxylic acid groups (broad SMARTS) is 1. The number of ether oxygens (including phenoxy) is 2. The van der Waals surface area contributed by atoms with E-state index in [-0.39, 0.29) is 30.3 Å². The number of aromatic nitrogens is 4. The van der Waals surface area contributed by atoms with E-state index in [4.69, 9.17) is 9.47 Å². The van der Waals surface area contributed by atoms with Crippen molar-refractivity contribution in [1.82, 2.24) is 24.4 Å². The molecule has 1 amide bonds. The molecule has 1 aliphatic rings. The summed E-state index contributed by atoms with van der Waals surface area (Å²) in [6.45, 7) is 5.78. The summed E-state index contributed by atoms with van der Waals surface area (Å²) in [6, 6.07) is 3.97. The number of hydrogen-bond acceptors (Lipinski definition) is 7. The minimum absolute atomic E-state index is 0.0481. The first-order valence-electron chi connectivity index (χ1n) is 11.9. The van der Waals surface area contributed by atoms with E-state index in [2.05, 4.69) is 15.0 Å². The maximum Gasteiger partial charge on any atom is 0.421 e. The molecule has 2 atom stereocenters. The zero-order valence-corrected chi connectivity index (χ0v) is 21.3. The van der Waals surface area contributed by atoms with Crippen LogP contribution in [0, 0.1) is 16.7 Å². The van der Waals surface area contributed by atoms with E-state index in [9.17, 15) is 28.3 Å². The number of rotatable bonds is 6. The molecule has 1 aliphatic heterocycles. The van der Waals surface area contributed by atoms with Crippen molar-refractivity contribution in [3.63, 3.8) is 0 Å². The van der Waals surface area contributed by atoms with Crippen LogP contribution >= 0.6 is 0 Å². The van der Waals surface area contributed by atoms with Crippen LogP contribution in [0.15, 0.2) is 24.5 Å². The van der Waals surface area contributed by atoms with Gasteiger partial charge in [0.1, 0.15) is 23.9 Å². The molecule has 0 aliphatic carbocycles. The third-order valence-electron chi connectivity index (χ3n) is 6.38. The maximum atomic E-state index is 14.0. The topological polar surface area (TPSA) is 126 Å². The molecule has 0 aromatic carbocycles. The maximum absolute atomic E-state index is 14.0. The van der Waals surface area contributed by atoms with E-state index in [0.717, 1.165) is 6.07 Å². The lowest BCUT2D eigenvalue weighted by molar-refractivity contribution is -0.139. The van der Waals surface area contributed by atoms with Gasteiger partial charge >= 0.3 is 12.3 Å². The largest absolute Gasteiger partial charge is 0.475 e. The molecule has 4 heterocycles. The van der Waals surface area contributed by atoms with E-state index >= 15 is 0 Å². The molecule has 38 heavy (non-hydrogen) atoms. The third-order valence-corrected chi connectivity index (χ3v) is 6.38. The summed E-state index contributed by atoms with van der Waals surface area (Å²) in [5.41, 5.74) is -0.875. The van der Waals surface area contributed by atoms with Gasteiger partial charge in [0.15, 0.2) is 0 Å². The van der Waals surface area contributed by atoms with Gasteiger partial charge in [0.25, 0.3) is 0 Å². The number of likely N-dealkylation sites (tertiary alicyclic amines) is 1. The number of aryl methyl sites for hydroxylation is 1. The lowest BCUT2D eigenvalue weighted by Crippen LogP contribution is -2.48. The van der Waals surface area contributed by atoms with Gasteiger partial charge in [0, 0.05) is 36.9 Å². The van der Waals surface area contributed by atoms with Gasteiger partial charge in [0.05, 0.1) is 24.4 Å². The minimum Gasteiger partial charge on any atom is -0.475 e. The quantitative estimate of drug-likeness (QED) is 0.461. The van der Waals surface area contributed by atoms with Crippen LogP contribution in [0.5, 0.6) is 5.88 Å². The van der Waals surface area contributed by atoms with Crippen molar-refractivity contribution >= 4 is 17.1 Å². The average Bonchev–Trinajstić information content (AvgIpc) is 3.45. The molecule has 202 valence electrons. The van der Waals surface area contributed by atoms with Crippen molar-refractivity contribution in [3.05, 3.63) is 35.9 Å². The number of nitriles is 1. The second-order valence-electron chi connectivity index (χ2n) is 10.1. The molecule has 1 N–H and O–H groups in total. The van der Waals surface area contributed by atoms with Gasteiger partial charge in [-0.25, -0.2) is 19.7 Å². The van der Waals surface area contributed by atoms with Gasteiger partial charge in [-0.15, -0.1) is 0 Å². The van der Waals surface area contributed by atoms with Crippen molar-refractivity contribution in [2.45, 2.75) is 45.5 Å².